The van der Waals surface area contributed by atoms with Crippen molar-refractivity contribution in [3.8, 4) is 0 Å². The molecule has 4 heteroatoms. The predicted molar refractivity (Wildman–Crippen MR) is 72.2 cm³/mol. The number of benzene rings is 1. The van der Waals surface area contributed by atoms with Crippen molar-refractivity contribution in [2.24, 2.45) is 7.05 Å². The Morgan fingerprint density at radius 1 is 1.22 bits per heavy atom. The first-order chi connectivity index (χ1) is 8.74. The van der Waals surface area contributed by atoms with Crippen molar-refractivity contribution < 1.29 is 0 Å². The highest BCUT2D eigenvalue weighted by molar-refractivity contribution is 5.74. The number of nitrogens with zero attached hydrogens (tertiary/aromatic N) is 3. The minimum atomic E-state index is 0.645. The molecule has 0 radical (unpaired) electrons. The van der Waals surface area contributed by atoms with Crippen LogP contribution >= 0.6 is 0 Å². The van der Waals surface area contributed by atoms with E-state index in [1.165, 1.54) is 5.56 Å². The molecule has 2 heterocycles. The summed E-state index contributed by atoms with van der Waals surface area (Å²) in [6.45, 7) is 0. The zero-order chi connectivity index (χ0) is 12.5. The minimum absolute atomic E-state index is 0.645. The van der Waals surface area contributed by atoms with E-state index in [4.69, 9.17) is 5.73 Å². The third-order valence-electron chi connectivity index (χ3n) is 3.03. The summed E-state index contributed by atoms with van der Waals surface area (Å²) in [5.41, 5.74) is 9.33. The molecule has 0 fully saturated rings. The molecule has 0 atom stereocenters. The first kappa shape index (κ1) is 10.8. The van der Waals surface area contributed by atoms with Crippen molar-refractivity contribution in [1.29, 1.82) is 0 Å². The summed E-state index contributed by atoms with van der Waals surface area (Å²) in [5, 5.41) is 0. The van der Waals surface area contributed by atoms with Gasteiger partial charge in [-0.2, -0.15) is 0 Å². The van der Waals surface area contributed by atoms with Crippen LogP contribution in [0.4, 0.5) is 5.69 Å². The molecule has 2 N–H and O–H groups in total. The van der Waals surface area contributed by atoms with Crippen LogP contribution in [0.5, 0.6) is 0 Å². The van der Waals surface area contributed by atoms with Gasteiger partial charge in [-0.15, -0.1) is 0 Å². The molecule has 0 bridgehead atoms. The summed E-state index contributed by atoms with van der Waals surface area (Å²) in [7, 11) is 1.98. The fourth-order valence-electron chi connectivity index (χ4n) is 2.08. The van der Waals surface area contributed by atoms with Crippen LogP contribution in [-0.4, -0.2) is 14.5 Å². The number of hydrogen-bond acceptors (Lipinski definition) is 3. The van der Waals surface area contributed by atoms with E-state index in [2.05, 4.69) is 22.1 Å². The highest BCUT2D eigenvalue weighted by Crippen LogP contribution is 2.17. The van der Waals surface area contributed by atoms with Gasteiger partial charge in [0.05, 0.1) is 11.9 Å². The van der Waals surface area contributed by atoms with Crippen LogP contribution < -0.4 is 5.73 Å². The van der Waals surface area contributed by atoms with Gasteiger partial charge >= 0.3 is 0 Å². The average Bonchev–Trinajstić information content (AvgIpc) is 2.67. The summed E-state index contributed by atoms with van der Waals surface area (Å²) in [6.07, 6.45) is 2.46. The lowest BCUT2D eigenvalue weighted by Gasteiger charge is -2.01. The first-order valence-corrected chi connectivity index (χ1v) is 5.85. The summed E-state index contributed by atoms with van der Waals surface area (Å²) in [4.78, 5) is 8.91. The van der Waals surface area contributed by atoms with Crippen molar-refractivity contribution in [1.82, 2.24) is 14.5 Å². The number of fused-ring (bicyclic) bond motifs is 1. The minimum Gasteiger partial charge on any atom is -0.397 e. The first-order valence-electron chi connectivity index (χ1n) is 5.85. The Labute approximate surface area is 105 Å². The number of imidazole rings is 1. The summed E-state index contributed by atoms with van der Waals surface area (Å²) in [6, 6.07) is 12.1. The monoisotopic (exact) mass is 238 g/mol. The van der Waals surface area contributed by atoms with Crippen molar-refractivity contribution in [2.75, 3.05) is 5.73 Å². The molecule has 3 aromatic rings. The van der Waals surface area contributed by atoms with Crippen LogP contribution in [0, 0.1) is 0 Å². The maximum Gasteiger partial charge on any atom is 0.159 e. The van der Waals surface area contributed by atoms with Gasteiger partial charge in [-0.1, -0.05) is 30.3 Å². The van der Waals surface area contributed by atoms with E-state index in [1.807, 2.05) is 35.9 Å². The van der Waals surface area contributed by atoms with Gasteiger partial charge < -0.3 is 10.3 Å². The van der Waals surface area contributed by atoms with Crippen LogP contribution in [0.25, 0.3) is 11.2 Å². The quantitative estimate of drug-likeness (QED) is 0.744. The number of aromatic nitrogens is 3. The van der Waals surface area contributed by atoms with Gasteiger partial charge in [0.25, 0.3) is 0 Å². The van der Waals surface area contributed by atoms with E-state index in [9.17, 15) is 0 Å². The molecule has 0 unspecified atom stereocenters. The van der Waals surface area contributed by atoms with E-state index in [0.29, 0.717) is 5.69 Å². The molecule has 0 spiro atoms. The lowest BCUT2D eigenvalue weighted by Crippen LogP contribution is -1.99. The second kappa shape index (κ2) is 4.14. The molecule has 0 aliphatic rings. The Balaban J connectivity index is 2.05. The van der Waals surface area contributed by atoms with E-state index >= 15 is 0 Å². The Morgan fingerprint density at radius 2 is 2.00 bits per heavy atom. The number of nitrogen functional groups attached to an aromatic ring is 1. The van der Waals surface area contributed by atoms with Crippen molar-refractivity contribution in [2.45, 2.75) is 6.42 Å². The fraction of sp³-hybridized carbons (Fsp3) is 0.143. The highest BCUT2D eigenvalue weighted by atomic mass is 15.1. The molecule has 0 amide bonds. The van der Waals surface area contributed by atoms with E-state index in [-0.39, 0.29) is 0 Å². The number of pyridine rings is 1. The van der Waals surface area contributed by atoms with Crippen LogP contribution in [0.1, 0.15) is 11.4 Å². The number of hydrogen-bond donors (Lipinski definition) is 1. The smallest absolute Gasteiger partial charge is 0.159 e. The summed E-state index contributed by atoms with van der Waals surface area (Å²) < 4.78 is 2.02. The number of nitrogens with two attached hydrogens (primary N) is 1. The number of aryl methyl sites for hydroxylation is 1. The predicted octanol–water partition coefficient (Wildman–Crippen LogP) is 2.14. The largest absolute Gasteiger partial charge is 0.397 e. The normalized spacial score (nSPS) is 10.9. The summed E-state index contributed by atoms with van der Waals surface area (Å²) in [5.74, 6) is 0.995. The zero-order valence-corrected chi connectivity index (χ0v) is 10.2. The topological polar surface area (TPSA) is 56.7 Å². The standard InChI is InChI=1S/C14H14N4/c1-18-13(7-10-5-3-2-4-6-10)17-12-8-11(15)9-16-14(12)18/h2-6,8-9H,7,15H2,1H3. The molecule has 4 nitrogen and oxygen atoms in total. The fourth-order valence-corrected chi connectivity index (χ4v) is 2.08. The Kier molecular flexibility index (Phi) is 2.48. The van der Waals surface area contributed by atoms with Gasteiger partial charge in [-0.05, 0) is 11.6 Å². The van der Waals surface area contributed by atoms with Gasteiger partial charge in [0, 0.05) is 13.5 Å². The molecule has 2 aromatic heterocycles. The van der Waals surface area contributed by atoms with E-state index < -0.39 is 0 Å². The third-order valence-corrected chi connectivity index (χ3v) is 3.03. The lowest BCUT2D eigenvalue weighted by atomic mass is 10.1. The van der Waals surface area contributed by atoms with Gasteiger partial charge in [0.1, 0.15) is 11.3 Å². The van der Waals surface area contributed by atoms with Gasteiger partial charge in [0.15, 0.2) is 5.65 Å². The highest BCUT2D eigenvalue weighted by Gasteiger charge is 2.09. The molecule has 90 valence electrons. The number of rotatable bonds is 2. The van der Waals surface area contributed by atoms with Crippen LogP contribution in [0.2, 0.25) is 0 Å². The molecular weight excluding hydrogens is 224 g/mol. The molecule has 18 heavy (non-hydrogen) atoms. The Morgan fingerprint density at radius 3 is 2.78 bits per heavy atom. The molecule has 3 rings (SSSR count). The van der Waals surface area contributed by atoms with Gasteiger partial charge in [-0.25, -0.2) is 9.97 Å². The van der Waals surface area contributed by atoms with Crippen molar-refractivity contribution >= 4 is 16.9 Å². The van der Waals surface area contributed by atoms with Gasteiger partial charge in [0.2, 0.25) is 0 Å². The van der Waals surface area contributed by atoms with E-state index in [0.717, 1.165) is 23.4 Å². The Bertz CT molecular complexity index is 686. The maximum absolute atomic E-state index is 5.72. The second-order valence-electron chi connectivity index (χ2n) is 4.36. The third kappa shape index (κ3) is 1.82. The van der Waals surface area contributed by atoms with Gasteiger partial charge in [-0.3, -0.25) is 0 Å². The van der Waals surface area contributed by atoms with Crippen LogP contribution in [-0.2, 0) is 13.5 Å². The van der Waals surface area contributed by atoms with Crippen molar-refractivity contribution in [3.63, 3.8) is 0 Å². The van der Waals surface area contributed by atoms with E-state index in [1.54, 1.807) is 6.20 Å². The zero-order valence-electron chi connectivity index (χ0n) is 10.2. The molecule has 0 saturated heterocycles. The summed E-state index contributed by atoms with van der Waals surface area (Å²) >= 11 is 0. The molecule has 1 aromatic carbocycles. The molecule has 0 aliphatic carbocycles. The van der Waals surface area contributed by atoms with Crippen LogP contribution in [0.3, 0.4) is 0 Å². The van der Waals surface area contributed by atoms with Crippen LogP contribution in [0.15, 0.2) is 42.6 Å². The second-order valence-corrected chi connectivity index (χ2v) is 4.36. The van der Waals surface area contributed by atoms with Crippen molar-refractivity contribution in [3.05, 3.63) is 54.0 Å². The Hall–Kier alpha value is -2.36. The lowest BCUT2D eigenvalue weighted by molar-refractivity contribution is 0.836. The SMILES string of the molecule is Cn1c(Cc2ccccc2)nc2cc(N)cnc21. The maximum atomic E-state index is 5.72. The molecule has 0 aliphatic heterocycles. The average molecular weight is 238 g/mol. The number of anilines is 1. The molecular formula is C14H14N4. The molecule has 0 saturated carbocycles.